The zero-order valence-corrected chi connectivity index (χ0v) is 11.4. The summed E-state index contributed by atoms with van der Waals surface area (Å²) in [4.78, 5) is 22.6. The zero-order valence-electron chi connectivity index (χ0n) is 11.4. The molecule has 2 unspecified atom stereocenters. The molecule has 2 amide bonds. The summed E-state index contributed by atoms with van der Waals surface area (Å²) in [5, 5.41) is 23.3. The summed E-state index contributed by atoms with van der Waals surface area (Å²) < 4.78 is 0. The number of hydrogen-bond donors (Lipinski definition) is 4. The minimum absolute atomic E-state index is 0.101. The van der Waals surface area contributed by atoms with E-state index in [1.165, 1.54) is 26.2 Å². The van der Waals surface area contributed by atoms with Gasteiger partial charge in [0, 0.05) is 6.04 Å². The Bertz CT molecular complexity index is 299. The molecule has 0 heterocycles. The Hall–Kier alpha value is -1.30. The molecule has 6 heteroatoms. The Morgan fingerprint density at radius 3 is 2.11 bits per heavy atom. The van der Waals surface area contributed by atoms with Gasteiger partial charge in [0.2, 0.25) is 0 Å². The van der Waals surface area contributed by atoms with Crippen LogP contribution in [0.5, 0.6) is 0 Å². The first-order valence-corrected chi connectivity index (χ1v) is 6.98. The Labute approximate surface area is 113 Å². The Morgan fingerprint density at radius 1 is 1.11 bits per heavy atom. The second kappa shape index (κ2) is 7.99. The van der Waals surface area contributed by atoms with Gasteiger partial charge in [0.1, 0.15) is 0 Å². The fourth-order valence-electron chi connectivity index (χ4n) is 2.36. The van der Waals surface area contributed by atoms with E-state index >= 15 is 0 Å². The highest BCUT2D eigenvalue weighted by molar-refractivity contribution is 5.83. The average Bonchev–Trinajstić information content (AvgIpc) is 2.28. The van der Waals surface area contributed by atoms with Crippen molar-refractivity contribution in [2.75, 3.05) is 0 Å². The molecule has 2 atom stereocenters. The number of hydrogen-bond acceptors (Lipinski definition) is 3. The maximum Gasteiger partial charge on any atom is 0.328 e. The summed E-state index contributed by atoms with van der Waals surface area (Å²) in [7, 11) is 0. The number of aliphatic hydroxyl groups excluding tert-OH is 1. The van der Waals surface area contributed by atoms with Gasteiger partial charge in [-0.2, -0.15) is 0 Å². The van der Waals surface area contributed by atoms with Gasteiger partial charge in [-0.15, -0.1) is 0 Å². The largest absolute Gasteiger partial charge is 0.480 e. The maximum absolute atomic E-state index is 11.7. The molecule has 110 valence electrons. The number of aliphatic carboxylic acids is 1. The lowest BCUT2D eigenvalue weighted by molar-refractivity contribution is -0.141. The van der Waals surface area contributed by atoms with Crippen molar-refractivity contribution in [3.05, 3.63) is 0 Å². The van der Waals surface area contributed by atoms with Crippen molar-refractivity contribution in [1.29, 1.82) is 0 Å². The summed E-state index contributed by atoms with van der Waals surface area (Å²) >= 11 is 0. The van der Waals surface area contributed by atoms with Gasteiger partial charge in [0.25, 0.3) is 0 Å². The van der Waals surface area contributed by atoms with Crippen LogP contribution in [0, 0.1) is 0 Å². The van der Waals surface area contributed by atoms with Gasteiger partial charge in [-0.05, 0) is 19.8 Å². The minimum atomic E-state index is -1.27. The third kappa shape index (κ3) is 5.92. The monoisotopic (exact) mass is 272 g/mol. The molecule has 19 heavy (non-hydrogen) atoms. The van der Waals surface area contributed by atoms with Crippen LogP contribution in [0.3, 0.4) is 0 Å². The summed E-state index contributed by atoms with van der Waals surface area (Å²) in [6.45, 7) is 1.34. The fourth-order valence-corrected chi connectivity index (χ4v) is 2.36. The lowest BCUT2D eigenvalue weighted by Crippen LogP contribution is -2.53. The van der Waals surface area contributed by atoms with Crippen LogP contribution in [0.15, 0.2) is 0 Å². The number of aliphatic hydroxyl groups is 1. The molecule has 0 aromatic rings. The highest BCUT2D eigenvalue weighted by Gasteiger charge is 2.25. The van der Waals surface area contributed by atoms with E-state index < -0.39 is 24.1 Å². The topological polar surface area (TPSA) is 98.7 Å². The number of carbonyl (C=O) groups excluding carboxylic acids is 1. The van der Waals surface area contributed by atoms with E-state index in [9.17, 15) is 14.7 Å². The van der Waals surface area contributed by atoms with Gasteiger partial charge in [-0.3, -0.25) is 0 Å². The van der Waals surface area contributed by atoms with E-state index in [1.54, 1.807) is 0 Å². The molecule has 1 aliphatic carbocycles. The SMILES string of the molecule is CC(O)C(NC(=O)NC1CCCCCCC1)C(=O)O. The van der Waals surface area contributed by atoms with Crippen molar-refractivity contribution >= 4 is 12.0 Å². The van der Waals surface area contributed by atoms with Gasteiger partial charge in [-0.1, -0.05) is 32.1 Å². The van der Waals surface area contributed by atoms with E-state index in [0.717, 1.165) is 25.7 Å². The van der Waals surface area contributed by atoms with E-state index in [2.05, 4.69) is 10.6 Å². The zero-order chi connectivity index (χ0) is 14.3. The first-order valence-electron chi connectivity index (χ1n) is 6.98. The molecule has 1 saturated carbocycles. The standard InChI is InChI=1S/C13H24N2O4/c1-9(16)11(12(17)18)15-13(19)14-10-7-5-3-2-4-6-8-10/h9-11,16H,2-8H2,1H3,(H,17,18)(H2,14,15,19). The van der Waals surface area contributed by atoms with Crippen molar-refractivity contribution in [2.45, 2.75) is 70.1 Å². The highest BCUT2D eigenvalue weighted by atomic mass is 16.4. The summed E-state index contributed by atoms with van der Waals surface area (Å²) in [5.41, 5.74) is 0. The van der Waals surface area contributed by atoms with Gasteiger partial charge in [0.15, 0.2) is 6.04 Å². The molecule has 0 spiro atoms. The summed E-state index contributed by atoms with van der Waals surface area (Å²) in [5.74, 6) is -1.23. The van der Waals surface area contributed by atoms with Crippen LogP contribution in [-0.4, -0.2) is 40.4 Å². The molecule has 1 aliphatic rings. The third-order valence-corrected chi connectivity index (χ3v) is 3.48. The number of urea groups is 1. The molecule has 4 N–H and O–H groups in total. The predicted molar refractivity (Wildman–Crippen MR) is 70.9 cm³/mol. The van der Waals surface area contributed by atoms with E-state index in [-0.39, 0.29) is 6.04 Å². The van der Waals surface area contributed by atoms with E-state index in [0.29, 0.717) is 0 Å². The molecule has 0 saturated heterocycles. The Morgan fingerprint density at radius 2 is 1.63 bits per heavy atom. The van der Waals surface area contributed by atoms with Crippen molar-refractivity contribution in [2.24, 2.45) is 0 Å². The van der Waals surface area contributed by atoms with E-state index in [4.69, 9.17) is 5.11 Å². The summed E-state index contributed by atoms with van der Waals surface area (Å²) in [6, 6.07) is -1.68. The van der Waals surface area contributed by atoms with Gasteiger partial charge >= 0.3 is 12.0 Å². The second-order valence-corrected chi connectivity index (χ2v) is 5.22. The molecule has 1 fully saturated rings. The van der Waals surface area contributed by atoms with Crippen molar-refractivity contribution in [3.8, 4) is 0 Å². The quantitative estimate of drug-likeness (QED) is 0.618. The maximum atomic E-state index is 11.7. The molecule has 0 aromatic heterocycles. The normalized spacial score (nSPS) is 20.7. The molecule has 0 radical (unpaired) electrons. The Balaban J connectivity index is 2.41. The number of carboxylic acid groups (broad SMARTS) is 1. The van der Waals surface area contributed by atoms with Crippen LogP contribution >= 0.6 is 0 Å². The molecule has 1 rings (SSSR count). The van der Waals surface area contributed by atoms with Crippen molar-refractivity contribution in [3.63, 3.8) is 0 Å². The number of rotatable bonds is 4. The van der Waals surface area contributed by atoms with Gasteiger partial charge in [-0.25, -0.2) is 9.59 Å². The number of carbonyl (C=O) groups is 2. The smallest absolute Gasteiger partial charge is 0.328 e. The first kappa shape index (κ1) is 15.8. The van der Waals surface area contributed by atoms with Crippen LogP contribution in [0.1, 0.15) is 51.9 Å². The van der Waals surface area contributed by atoms with Crippen LogP contribution in [-0.2, 0) is 4.79 Å². The average molecular weight is 272 g/mol. The van der Waals surface area contributed by atoms with Crippen LogP contribution in [0.4, 0.5) is 4.79 Å². The van der Waals surface area contributed by atoms with Gasteiger partial charge in [0.05, 0.1) is 6.10 Å². The molecule has 0 aliphatic heterocycles. The molecule has 0 bridgehead atoms. The van der Waals surface area contributed by atoms with Gasteiger partial charge < -0.3 is 20.8 Å². The molecular formula is C13H24N2O4. The number of carboxylic acids is 1. The highest BCUT2D eigenvalue weighted by Crippen LogP contribution is 2.16. The predicted octanol–water partition coefficient (Wildman–Crippen LogP) is 1.23. The van der Waals surface area contributed by atoms with E-state index in [1.807, 2.05) is 0 Å². The summed E-state index contributed by atoms with van der Waals surface area (Å²) in [6.07, 6.45) is 6.53. The molecule has 6 nitrogen and oxygen atoms in total. The molecule has 0 aromatic carbocycles. The van der Waals surface area contributed by atoms with Crippen LogP contribution in [0.2, 0.25) is 0 Å². The lowest BCUT2D eigenvalue weighted by Gasteiger charge is -2.23. The lowest BCUT2D eigenvalue weighted by atomic mass is 9.97. The first-order chi connectivity index (χ1) is 9.00. The van der Waals surface area contributed by atoms with Crippen molar-refractivity contribution < 1.29 is 19.8 Å². The fraction of sp³-hybridized carbons (Fsp3) is 0.846. The third-order valence-electron chi connectivity index (χ3n) is 3.48. The Kier molecular flexibility index (Phi) is 6.62. The van der Waals surface area contributed by atoms with Crippen molar-refractivity contribution in [1.82, 2.24) is 10.6 Å². The van der Waals surface area contributed by atoms with Crippen LogP contribution < -0.4 is 10.6 Å². The molecular weight excluding hydrogens is 248 g/mol. The van der Waals surface area contributed by atoms with Crippen LogP contribution in [0.25, 0.3) is 0 Å². The number of amides is 2. The number of nitrogens with one attached hydrogen (secondary N) is 2. The second-order valence-electron chi connectivity index (χ2n) is 5.22. The minimum Gasteiger partial charge on any atom is -0.480 e.